The van der Waals surface area contributed by atoms with Crippen molar-refractivity contribution in [2.75, 3.05) is 0 Å². The summed E-state index contributed by atoms with van der Waals surface area (Å²) in [6.45, 7) is 0.535. The van der Waals surface area contributed by atoms with Crippen molar-refractivity contribution in [3.05, 3.63) is 0 Å². The smallest absolute Gasteiger partial charge is 0.289 e. The van der Waals surface area contributed by atoms with Crippen LogP contribution in [0.15, 0.2) is 0 Å². The Morgan fingerprint density at radius 2 is 1.87 bits per heavy atom. The van der Waals surface area contributed by atoms with Gasteiger partial charge < -0.3 is 0 Å². The van der Waals surface area contributed by atoms with Crippen LogP contribution in [0.3, 0.4) is 0 Å². The molecule has 1 amide bonds. The van der Waals surface area contributed by atoms with Crippen LogP contribution in [0.5, 0.6) is 0 Å². The van der Waals surface area contributed by atoms with E-state index >= 15 is 0 Å². The zero-order chi connectivity index (χ0) is 12.4. The van der Waals surface area contributed by atoms with Gasteiger partial charge in [0, 0.05) is 0 Å². The van der Waals surface area contributed by atoms with Gasteiger partial charge in [0.05, 0.1) is 0 Å². The highest BCUT2D eigenvalue weighted by molar-refractivity contribution is 7.83. The molecule has 90 valence electrons. The standard InChI is InChI=1S/C4H7F3N2O5S/c1-2(3(10)8-11)9(4(5,6)7)15(12,13)14/h2,11H,1H3,(H,8,10)(H,12,13,14). The van der Waals surface area contributed by atoms with Gasteiger partial charge in [-0.15, -0.1) is 0 Å². The third-order valence-electron chi connectivity index (χ3n) is 1.34. The summed E-state index contributed by atoms with van der Waals surface area (Å²) in [6.07, 6.45) is -5.47. The number of rotatable bonds is 3. The van der Waals surface area contributed by atoms with Crippen LogP contribution in [0.25, 0.3) is 0 Å². The number of carbonyl (C=O) groups is 1. The molecule has 0 bridgehead atoms. The molecule has 11 heteroatoms. The van der Waals surface area contributed by atoms with Gasteiger partial charge in [0.2, 0.25) is 0 Å². The lowest BCUT2D eigenvalue weighted by atomic mass is 10.3. The first-order chi connectivity index (χ1) is 6.51. The topological polar surface area (TPSA) is 107 Å². The van der Waals surface area contributed by atoms with Crippen LogP contribution >= 0.6 is 0 Å². The first-order valence-corrected chi connectivity index (χ1v) is 4.69. The van der Waals surface area contributed by atoms with Crippen LogP contribution in [0, 0.1) is 0 Å². The Kier molecular flexibility index (Phi) is 4.04. The van der Waals surface area contributed by atoms with E-state index in [1.807, 2.05) is 0 Å². The number of alkyl halides is 3. The lowest BCUT2D eigenvalue weighted by molar-refractivity contribution is -0.223. The van der Waals surface area contributed by atoms with E-state index in [1.165, 1.54) is 0 Å². The first-order valence-electron chi connectivity index (χ1n) is 3.29. The van der Waals surface area contributed by atoms with Crippen molar-refractivity contribution in [3.8, 4) is 0 Å². The number of halogens is 3. The van der Waals surface area contributed by atoms with Gasteiger partial charge in [-0.3, -0.25) is 14.6 Å². The summed E-state index contributed by atoms with van der Waals surface area (Å²) in [6, 6.07) is -2.33. The highest BCUT2D eigenvalue weighted by Gasteiger charge is 2.50. The predicted molar refractivity (Wildman–Crippen MR) is 38.8 cm³/mol. The number of nitrogens with zero attached hydrogens (tertiary/aromatic N) is 1. The molecule has 0 rings (SSSR count). The van der Waals surface area contributed by atoms with Gasteiger partial charge in [-0.2, -0.15) is 21.6 Å². The van der Waals surface area contributed by atoms with Gasteiger partial charge in [0.25, 0.3) is 5.91 Å². The predicted octanol–water partition coefficient (Wildman–Crippen LogP) is -0.495. The Hall–Kier alpha value is -0.910. The second-order valence-electron chi connectivity index (χ2n) is 2.39. The van der Waals surface area contributed by atoms with Crippen molar-refractivity contribution in [2.45, 2.75) is 19.3 Å². The van der Waals surface area contributed by atoms with E-state index in [0.29, 0.717) is 6.92 Å². The quantitative estimate of drug-likeness (QED) is 0.272. The molecule has 0 heterocycles. The number of hydrogen-bond donors (Lipinski definition) is 3. The summed E-state index contributed by atoms with van der Waals surface area (Å²) in [5, 5.41) is 8.02. The zero-order valence-electron chi connectivity index (χ0n) is 7.19. The maximum Gasteiger partial charge on any atom is 0.475 e. The van der Waals surface area contributed by atoms with Gasteiger partial charge in [0.15, 0.2) is 0 Å². The lowest BCUT2D eigenvalue weighted by Crippen LogP contribution is -2.53. The van der Waals surface area contributed by atoms with Gasteiger partial charge in [-0.25, -0.2) is 5.48 Å². The molecule has 7 nitrogen and oxygen atoms in total. The van der Waals surface area contributed by atoms with Crippen molar-refractivity contribution in [3.63, 3.8) is 0 Å². The fraction of sp³-hybridized carbons (Fsp3) is 0.750. The van der Waals surface area contributed by atoms with Crippen molar-refractivity contribution in [1.29, 1.82) is 0 Å². The third-order valence-corrected chi connectivity index (χ3v) is 2.36. The molecule has 0 fully saturated rings. The van der Waals surface area contributed by atoms with Crippen LogP contribution in [-0.4, -0.2) is 40.7 Å². The minimum Gasteiger partial charge on any atom is -0.289 e. The van der Waals surface area contributed by atoms with Gasteiger partial charge >= 0.3 is 16.6 Å². The van der Waals surface area contributed by atoms with E-state index in [-0.39, 0.29) is 0 Å². The molecule has 15 heavy (non-hydrogen) atoms. The van der Waals surface area contributed by atoms with Crippen LogP contribution < -0.4 is 5.48 Å². The van der Waals surface area contributed by atoms with E-state index in [2.05, 4.69) is 0 Å². The van der Waals surface area contributed by atoms with Crippen molar-refractivity contribution in [2.24, 2.45) is 0 Å². The number of nitrogens with one attached hydrogen (secondary N) is 1. The summed E-state index contributed by atoms with van der Waals surface area (Å²) in [7, 11) is -5.64. The van der Waals surface area contributed by atoms with E-state index in [9.17, 15) is 26.4 Å². The molecule has 0 aliphatic heterocycles. The Morgan fingerprint density at radius 1 is 1.47 bits per heavy atom. The Balaban J connectivity index is 5.25. The Morgan fingerprint density at radius 3 is 2.07 bits per heavy atom. The van der Waals surface area contributed by atoms with Crippen molar-refractivity contribution < 1.29 is 36.1 Å². The minimum absolute atomic E-state index is 0.535. The summed E-state index contributed by atoms with van der Waals surface area (Å²) in [5.41, 5.74) is 0.833. The van der Waals surface area contributed by atoms with Gasteiger partial charge in [-0.1, -0.05) is 4.31 Å². The number of amides is 1. The monoisotopic (exact) mass is 252 g/mol. The molecule has 0 radical (unpaired) electrons. The fourth-order valence-electron chi connectivity index (χ4n) is 0.750. The van der Waals surface area contributed by atoms with Gasteiger partial charge in [0.1, 0.15) is 6.04 Å². The molecule has 0 saturated heterocycles. The molecular weight excluding hydrogens is 245 g/mol. The average Bonchev–Trinajstić information content (AvgIpc) is 1.97. The molecule has 1 atom stereocenters. The molecule has 0 aromatic rings. The lowest BCUT2D eigenvalue weighted by Gasteiger charge is -2.25. The van der Waals surface area contributed by atoms with E-state index in [4.69, 9.17) is 9.76 Å². The average molecular weight is 252 g/mol. The Labute approximate surface area is 82.3 Å². The first kappa shape index (κ1) is 14.1. The van der Waals surface area contributed by atoms with Gasteiger partial charge in [-0.05, 0) is 6.92 Å². The number of carbonyl (C=O) groups excluding carboxylic acids is 1. The summed E-state index contributed by atoms with van der Waals surface area (Å²) in [5.74, 6) is -1.63. The molecule has 0 saturated carbocycles. The third kappa shape index (κ3) is 3.62. The SMILES string of the molecule is CC(C(=O)NO)N(C(F)(F)F)S(=O)(=O)O. The molecule has 0 aromatic carbocycles. The van der Waals surface area contributed by atoms with Crippen LogP contribution in [0.2, 0.25) is 0 Å². The molecule has 1 unspecified atom stereocenters. The summed E-state index contributed by atoms with van der Waals surface area (Å²) < 4.78 is 63.8. The van der Waals surface area contributed by atoms with E-state index < -0.39 is 32.9 Å². The second kappa shape index (κ2) is 4.30. The van der Waals surface area contributed by atoms with Crippen LogP contribution in [-0.2, 0) is 15.1 Å². The zero-order valence-corrected chi connectivity index (χ0v) is 8.00. The maximum atomic E-state index is 12.1. The maximum absolute atomic E-state index is 12.1. The van der Waals surface area contributed by atoms with Crippen LogP contribution in [0.4, 0.5) is 13.2 Å². The molecule has 0 aliphatic carbocycles. The summed E-state index contributed by atoms with van der Waals surface area (Å²) in [4.78, 5) is 10.6. The van der Waals surface area contributed by atoms with E-state index in [0.717, 1.165) is 5.48 Å². The molecule has 0 spiro atoms. The highest BCUT2D eigenvalue weighted by Crippen LogP contribution is 2.26. The molecule has 3 N–H and O–H groups in total. The number of hydroxylamine groups is 1. The van der Waals surface area contributed by atoms with Crippen molar-refractivity contribution in [1.82, 2.24) is 9.79 Å². The number of hydrogen-bond acceptors (Lipinski definition) is 4. The molecule has 0 aliphatic rings. The normalized spacial score (nSPS) is 15.1. The van der Waals surface area contributed by atoms with Crippen molar-refractivity contribution >= 4 is 16.2 Å². The van der Waals surface area contributed by atoms with Crippen LogP contribution in [0.1, 0.15) is 6.92 Å². The summed E-state index contributed by atoms with van der Waals surface area (Å²) >= 11 is 0. The highest BCUT2D eigenvalue weighted by atomic mass is 32.2. The van der Waals surface area contributed by atoms with E-state index in [1.54, 1.807) is 0 Å². The second-order valence-corrected chi connectivity index (χ2v) is 3.68. The molecular formula is C4H7F3N2O5S. The molecule has 0 aromatic heterocycles. The minimum atomic E-state index is -5.64. The largest absolute Gasteiger partial charge is 0.475 e. The Bertz CT molecular complexity index is 339. The fourth-order valence-corrected chi connectivity index (χ4v) is 1.51.